The highest BCUT2D eigenvalue weighted by Gasteiger charge is 1.46. The van der Waals surface area contributed by atoms with Crippen LogP contribution < -0.4 is 10.5 Å². The average molecular weight is 73.2 g/mol. The Kier molecular flexibility index (Phi) is 3.24. The Labute approximate surface area is 29.1 Å². The Morgan fingerprint density at radius 1 is 1.75 bits per heavy atom. The molecule has 0 rings (SSSR count). The van der Waals surface area contributed by atoms with E-state index in [9.17, 15) is 0 Å². The van der Waals surface area contributed by atoms with Crippen molar-refractivity contribution in [1.29, 1.82) is 0 Å². The molecule has 2 nitrogen and oxygen atoms in total. The Balaban J connectivity index is 1.97. The van der Waals surface area contributed by atoms with Crippen LogP contribution in [0.1, 0.15) is 0 Å². The lowest BCUT2D eigenvalue weighted by Crippen LogP contribution is -2.23. The smallest absolute Gasteiger partial charge is 0.161 e. The summed E-state index contributed by atoms with van der Waals surface area (Å²) in [7, 11) is 4.70. The Morgan fingerprint density at radius 2 is 2.00 bits per heavy atom. The summed E-state index contributed by atoms with van der Waals surface area (Å²) in [5.41, 5.74) is 2.59. The van der Waals surface area contributed by atoms with E-state index in [0.29, 0.717) is 0 Å². The molecule has 0 atom stereocenters. The third kappa shape index (κ3) is 2.14. The second-order valence-electron chi connectivity index (χ2n) is 0.375. The third-order valence-corrected chi connectivity index (χ3v) is 0.375. The molecule has 0 aliphatic carbocycles. The quantitative estimate of drug-likeness (QED) is 0.301. The molecule has 0 aromatic rings. The average Bonchev–Trinajstić information content (AvgIpc) is 1.37. The molecule has 0 bridgehead atoms. The molecule has 0 aromatic heterocycles. The highest BCUT2D eigenvalue weighted by Crippen LogP contribution is 1.04. The van der Waals surface area contributed by atoms with E-state index in [1.54, 1.807) is 7.05 Å². The van der Waals surface area contributed by atoms with Gasteiger partial charge in [-0.05, 0) is 7.05 Å². The van der Waals surface area contributed by atoms with Crippen LogP contribution >= 0.6 is 0 Å². The van der Waals surface area contributed by atoms with E-state index in [1.807, 2.05) is 0 Å². The summed E-state index contributed by atoms with van der Waals surface area (Å²) in [5, 5.41) is 2.49. The van der Waals surface area contributed by atoms with Crippen LogP contribution in [0.2, 0.25) is 0 Å². The number of rotatable bonds is 1. The maximum absolute atomic E-state index is 2.93. The summed E-state index contributed by atoms with van der Waals surface area (Å²) in [6.07, 6.45) is 0. The summed E-state index contributed by atoms with van der Waals surface area (Å²) < 4.78 is 0. The second-order valence-corrected chi connectivity index (χ2v) is 0.625. The van der Waals surface area contributed by atoms with Gasteiger partial charge in [0.25, 0.3) is 0 Å². The molecule has 0 spiro atoms. The van der Waals surface area contributed by atoms with Gasteiger partial charge in [-0.25, -0.2) is 0 Å². The second kappa shape index (κ2) is 3.14. The highest BCUT2D eigenvalue weighted by molar-refractivity contribution is 6.03. The van der Waals surface area contributed by atoms with Crippen LogP contribution in [0.25, 0.3) is 0 Å². The van der Waals surface area contributed by atoms with Gasteiger partial charge in [-0.15, -0.1) is 0 Å². The number of nitrogens with one attached hydrogen (secondary N) is 2. The van der Waals surface area contributed by atoms with E-state index in [1.165, 1.54) is 0 Å². The van der Waals surface area contributed by atoms with Crippen LogP contribution in [0.5, 0.6) is 0 Å². The van der Waals surface area contributed by atoms with Crippen LogP contribution in [-0.2, 0) is 0 Å². The van der Waals surface area contributed by atoms with Crippen molar-refractivity contribution in [3.8, 4) is 0 Å². The first-order valence-corrected chi connectivity index (χ1v) is 1.50. The van der Waals surface area contributed by atoms with Crippen LogP contribution in [0, 0.1) is 0 Å². The van der Waals surface area contributed by atoms with E-state index in [4.69, 9.17) is 0 Å². The predicted molar refractivity (Wildman–Crippen MR) is 17.9 cm³/mol. The minimum atomic E-state index is 1.77. The first-order chi connectivity index (χ1) is 1.91. The fourth-order valence-electron chi connectivity index (χ4n) is 0. The summed E-state index contributed by atoms with van der Waals surface area (Å²) in [6.45, 7) is 0. The molecule has 0 amide bonds. The van der Waals surface area contributed by atoms with Gasteiger partial charge in [0.05, 0.1) is 0 Å². The Bertz CT molecular complexity index is 8.00. The zero-order chi connectivity index (χ0) is 3.41. The normalized spacial score (nSPS) is 7.50. The van der Waals surface area contributed by atoms with Gasteiger partial charge in [0.2, 0.25) is 0 Å². The summed E-state index contributed by atoms with van der Waals surface area (Å²) >= 11 is 0. The van der Waals surface area contributed by atoms with E-state index in [0.717, 1.165) is 0 Å². The number of hydrazine groups is 1. The van der Waals surface area contributed by atoms with Crippen molar-refractivity contribution < 1.29 is 0 Å². The molecule has 3 radical (unpaired) electrons. The molecule has 0 saturated heterocycles. The third-order valence-electron chi connectivity index (χ3n) is 0.125. The van der Waals surface area contributed by atoms with Gasteiger partial charge in [-0.1, -0.05) is 0 Å². The molecule has 2 N–H and O–H groups in total. The van der Waals surface area contributed by atoms with E-state index >= 15 is 0 Å². The minimum absolute atomic E-state index is 1.77. The van der Waals surface area contributed by atoms with Crippen LogP contribution in [0.4, 0.5) is 0 Å². The fourth-order valence-corrected chi connectivity index (χ4v) is 0. The predicted octanol–water partition coefficient (Wildman–Crippen LogP) is -1.21. The number of hydrogen-bond donors (Lipinski definition) is 2. The molecule has 0 aromatic carbocycles. The van der Waals surface area contributed by atoms with Crippen molar-refractivity contribution in [3.63, 3.8) is 0 Å². The molecule has 4 heavy (non-hydrogen) atoms. The molecule has 0 unspecified atom stereocenters. The van der Waals surface area contributed by atoms with Gasteiger partial charge in [0.1, 0.15) is 0 Å². The molecular weight excluding hydrogens is 68.1 g/mol. The van der Waals surface area contributed by atoms with E-state index < -0.39 is 0 Å². The first-order valence-electron chi connectivity index (χ1n) is 1.00. The van der Waals surface area contributed by atoms with Crippen molar-refractivity contribution >= 4 is 10.4 Å². The van der Waals surface area contributed by atoms with Gasteiger partial charge in [-0.3, -0.25) is 10.5 Å². The largest absolute Gasteiger partial charge is 0.284 e. The molecule has 0 saturated carbocycles. The summed E-state index contributed by atoms with van der Waals surface area (Å²) in [6, 6.07) is 0. The van der Waals surface area contributed by atoms with Crippen molar-refractivity contribution in [2.75, 3.05) is 7.05 Å². The molecule has 0 fully saturated rings. The maximum atomic E-state index is 2.93. The van der Waals surface area contributed by atoms with Gasteiger partial charge >= 0.3 is 0 Å². The Morgan fingerprint density at radius 3 is 2.00 bits per heavy atom. The van der Waals surface area contributed by atoms with Crippen molar-refractivity contribution in [2.45, 2.75) is 0 Å². The number of hydrogen-bond acceptors (Lipinski definition) is 2. The maximum Gasteiger partial charge on any atom is 0.161 e. The minimum Gasteiger partial charge on any atom is -0.284 e. The first kappa shape index (κ1) is 4.14. The molecule has 23 valence electrons. The van der Waals surface area contributed by atoms with Gasteiger partial charge in [-0.2, -0.15) is 0 Å². The highest BCUT2D eigenvalue weighted by atomic mass is 28.2. The summed E-state index contributed by atoms with van der Waals surface area (Å²) in [4.78, 5) is 0. The topological polar surface area (TPSA) is 24.1 Å². The molecular formula is CH5N2Si. The molecule has 3 heteroatoms. The monoisotopic (exact) mass is 73.0 g/mol. The SMILES string of the molecule is CNN[Si]. The van der Waals surface area contributed by atoms with Crippen LogP contribution in [0.3, 0.4) is 0 Å². The van der Waals surface area contributed by atoms with E-state index in [2.05, 4.69) is 20.9 Å². The Hall–Kier alpha value is 0.137. The zero-order valence-electron chi connectivity index (χ0n) is 2.50. The lowest BCUT2D eigenvalue weighted by Gasteiger charge is -1.81. The zero-order valence-corrected chi connectivity index (χ0v) is 3.50. The van der Waals surface area contributed by atoms with Crippen molar-refractivity contribution in [2.24, 2.45) is 0 Å². The summed E-state index contributed by atoms with van der Waals surface area (Å²) in [5.74, 6) is 0. The van der Waals surface area contributed by atoms with Gasteiger partial charge < -0.3 is 0 Å². The van der Waals surface area contributed by atoms with Crippen molar-refractivity contribution in [1.82, 2.24) is 10.5 Å². The van der Waals surface area contributed by atoms with Gasteiger partial charge in [0, 0.05) is 0 Å². The van der Waals surface area contributed by atoms with Crippen molar-refractivity contribution in [3.05, 3.63) is 0 Å². The standard InChI is InChI=1S/CH5N2Si/c1-2-3-4/h2-3H,1H3. The molecule has 0 heterocycles. The molecule has 0 aliphatic rings. The lowest BCUT2D eigenvalue weighted by molar-refractivity contribution is 0.804. The van der Waals surface area contributed by atoms with E-state index in [-0.39, 0.29) is 0 Å². The molecule has 0 aliphatic heterocycles. The fraction of sp³-hybridized carbons (Fsp3) is 1.00. The van der Waals surface area contributed by atoms with Gasteiger partial charge in [0.15, 0.2) is 10.4 Å². The van der Waals surface area contributed by atoms with Crippen LogP contribution in [0.15, 0.2) is 0 Å². The lowest BCUT2D eigenvalue weighted by atomic mass is 11.5. The van der Waals surface area contributed by atoms with Crippen LogP contribution in [-0.4, -0.2) is 17.5 Å².